The van der Waals surface area contributed by atoms with Crippen molar-refractivity contribution in [1.29, 1.82) is 0 Å². The van der Waals surface area contributed by atoms with Crippen LogP contribution in [-0.2, 0) is 5.41 Å². The lowest BCUT2D eigenvalue weighted by atomic mass is 9.98. The number of benzene rings is 1. The molecule has 0 heterocycles. The highest BCUT2D eigenvalue weighted by Gasteiger charge is 2.48. The molecule has 0 aliphatic heterocycles. The standard InChI is InChI=1S/C10H12FN/c1-10(6-9(10)12)7-2-4-8(11)5-3-7/h2-5,9H,6,12H2,1H3. The summed E-state index contributed by atoms with van der Waals surface area (Å²) in [5.74, 6) is -0.184. The Balaban J connectivity index is 2.31. The molecule has 0 radical (unpaired) electrons. The van der Waals surface area contributed by atoms with E-state index in [-0.39, 0.29) is 17.3 Å². The summed E-state index contributed by atoms with van der Waals surface area (Å²) in [5.41, 5.74) is 7.03. The molecular weight excluding hydrogens is 153 g/mol. The Labute approximate surface area is 71.4 Å². The van der Waals surface area contributed by atoms with E-state index in [4.69, 9.17) is 5.73 Å². The van der Waals surface area contributed by atoms with Gasteiger partial charge < -0.3 is 5.73 Å². The summed E-state index contributed by atoms with van der Waals surface area (Å²) in [6, 6.07) is 6.88. The third kappa shape index (κ3) is 1.03. The van der Waals surface area contributed by atoms with Crippen molar-refractivity contribution in [2.45, 2.75) is 24.8 Å². The third-order valence-electron chi connectivity index (χ3n) is 2.81. The minimum Gasteiger partial charge on any atom is -0.327 e. The molecule has 2 rings (SSSR count). The summed E-state index contributed by atoms with van der Waals surface area (Å²) < 4.78 is 12.6. The van der Waals surface area contributed by atoms with Crippen LogP contribution in [0.2, 0.25) is 0 Å². The lowest BCUT2D eigenvalue weighted by Crippen LogP contribution is -2.14. The van der Waals surface area contributed by atoms with Crippen molar-refractivity contribution in [3.63, 3.8) is 0 Å². The van der Waals surface area contributed by atoms with E-state index >= 15 is 0 Å². The van der Waals surface area contributed by atoms with E-state index in [1.165, 1.54) is 12.1 Å². The normalized spacial score (nSPS) is 33.4. The van der Waals surface area contributed by atoms with Gasteiger partial charge in [0.15, 0.2) is 0 Å². The molecule has 2 atom stereocenters. The molecule has 0 spiro atoms. The topological polar surface area (TPSA) is 26.0 Å². The van der Waals surface area contributed by atoms with Crippen LogP contribution in [0.15, 0.2) is 24.3 Å². The van der Waals surface area contributed by atoms with E-state index in [1.807, 2.05) is 12.1 Å². The van der Waals surface area contributed by atoms with E-state index in [1.54, 1.807) is 0 Å². The average molecular weight is 165 g/mol. The maximum absolute atomic E-state index is 12.6. The zero-order valence-corrected chi connectivity index (χ0v) is 7.05. The second-order valence-corrected chi connectivity index (χ2v) is 3.73. The van der Waals surface area contributed by atoms with Gasteiger partial charge in [-0.3, -0.25) is 0 Å². The Morgan fingerprint density at radius 3 is 2.33 bits per heavy atom. The minimum absolute atomic E-state index is 0.105. The van der Waals surface area contributed by atoms with Gasteiger partial charge >= 0.3 is 0 Å². The molecule has 1 aromatic rings. The van der Waals surface area contributed by atoms with E-state index < -0.39 is 0 Å². The summed E-state index contributed by atoms with van der Waals surface area (Å²) in [6.45, 7) is 2.12. The van der Waals surface area contributed by atoms with Crippen LogP contribution in [-0.4, -0.2) is 6.04 Å². The van der Waals surface area contributed by atoms with E-state index in [9.17, 15) is 4.39 Å². The van der Waals surface area contributed by atoms with Gasteiger partial charge in [-0.1, -0.05) is 19.1 Å². The molecule has 12 heavy (non-hydrogen) atoms. The first-order chi connectivity index (χ1) is 5.63. The van der Waals surface area contributed by atoms with Crippen molar-refractivity contribution < 1.29 is 4.39 Å². The molecule has 0 saturated heterocycles. The second-order valence-electron chi connectivity index (χ2n) is 3.73. The lowest BCUT2D eigenvalue weighted by molar-refractivity contribution is 0.624. The van der Waals surface area contributed by atoms with Crippen LogP contribution in [0.3, 0.4) is 0 Å². The number of hydrogen-bond acceptors (Lipinski definition) is 1. The van der Waals surface area contributed by atoms with Gasteiger partial charge in [0.25, 0.3) is 0 Å². The second kappa shape index (κ2) is 2.30. The molecule has 64 valence electrons. The van der Waals surface area contributed by atoms with Gasteiger partial charge in [-0.25, -0.2) is 4.39 Å². The largest absolute Gasteiger partial charge is 0.327 e. The van der Waals surface area contributed by atoms with Gasteiger partial charge in [0, 0.05) is 11.5 Å². The fourth-order valence-corrected chi connectivity index (χ4v) is 1.56. The van der Waals surface area contributed by atoms with Gasteiger partial charge in [-0.2, -0.15) is 0 Å². The molecule has 1 nitrogen and oxygen atoms in total. The van der Waals surface area contributed by atoms with Crippen LogP contribution in [0.25, 0.3) is 0 Å². The highest BCUT2D eigenvalue weighted by molar-refractivity contribution is 5.34. The maximum Gasteiger partial charge on any atom is 0.123 e. The molecule has 2 unspecified atom stereocenters. The van der Waals surface area contributed by atoms with Crippen LogP contribution in [0.1, 0.15) is 18.9 Å². The van der Waals surface area contributed by atoms with Gasteiger partial charge in [-0.05, 0) is 24.1 Å². The van der Waals surface area contributed by atoms with Crippen molar-refractivity contribution in [3.05, 3.63) is 35.6 Å². The number of halogens is 1. The lowest BCUT2D eigenvalue weighted by Gasteiger charge is -2.08. The maximum atomic E-state index is 12.6. The molecule has 0 bridgehead atoms. The zero-order valence-electron chi connectivity index (χ0n) is 7.05. The van der Waals surface area contributed by atoms with Crippen LogP contribution in [0.5, 0.6) is 0 Å². The Morgan fingerprint density at radius 2 is 1.92 bits per heavy atom. The molecule has 1 aliphatic rings. The molecule has 1 fully saturated rings. The average Bonchev–Trinajstić information content (AvgIpc) is 2.62. The Hall–Kier alpha value is -0.890. The van der Waals surface area contributed by atoms with Crippen molar-refractivity contribution in [2.24, 2.45) is 5.73 Å². The Kier molecular flexibility index (Phi) is 1.48. The monoisotopic (exact) mass is 165 g/mol. The summed E-state index contributed by atoms with van der Waals surface area (Å²) in [5, 5.41) is 0. The summed E-state index contributed by atoms with van der Waals surface area (Å²) in [7, 11) is 0. The van der Waals surface area contributed by atoms with Gasteiger partial charge in [0.05, 0.1) is 0 Å². The van der Waals surface area contributed by atoms with E-state index in [0.29, 0.717) is 0 Å². The van der Waals surface area contributed by atoms with E-state index in [0.717, 1.165) is 12.0 Å². The van der Waals surface area contributed by atoms with Gasteiger partial charge in [0.2, 0.25) is 0 Å². The molecule has 1 saturated carbocycles. The predicted octanol–water partition coefficient (Wildman–Crippen LogP) is 1.81. The molecular formula is C10H12FN. The van der Waals surface area contributed by atoms with Crippen LogP contribution in [0, 0.1) is 5.82 Å². The summed E-state index contributed by atoms with van der Waals surface area (Å²) >= 11 is 0. The minimum atomic E-state index is -0.184. The van der Waals surface area contributed by atoms with Crippen LogP contribution < -0.4 is 5.73 Å². The van der Waals surface area contributed by atoms with Crippen molar-refractivity contribution in [2.75, 3.05) is 0 Å². The van der Waals surface area contributed by atoms with Gasteiger partial charge in [0.1, 0.15) is 5.82 Å². The quantitative estimate of drug-likeness (QED) is 0.674. The zero-order chi connectivity index (χ0) is 8.77. The molecule has 1 aromatic carbocycles. The van der Waals surface area contributed by atoms with Crippen LogP contribution >= 0.6 is 0 Å². The van der Waals surface area contributed by atoms with Crippen molar-refractivity contribution >= 4 is 0 Å². The first kappa shape index (κ1) is 7.74. The fraction of sp³-hybridized carbons (Fsp3) is 0.400. The number of hydrogen-bond donors (Lipinski definition) is 1. The van der Waals surface area contributed by atoms with E-state index in [2.05, 4.69) is 6.92 Å². The van der Waals surface area contributed by atoms with Gasteiger partial charge in [-0.15, -0.1) is 0 Å². The fourth-order valence-electron chi connectivity index (χ4n) is 1.56. The third-order valence-corrected chi connectivity index (χ3v) is 2.81. The number of nitrogens with two attached hydrogens (primary N) is 1. The highest BCUT2D eigenvalue weighted by Crippen LogP contribution is 2.46. The SMILES string of the molecule is CC1(c2ccc(F)cc2)CC1N. The number of rotatable bonds is 1. The predicted molar refractivity (Wildman–Crippen MR) is 46.3 cm³/mol. The van der Waals surface area contributed by atoms with Crippen LogP contribution in [0.4, 0.5) is 4.39 Å². The highest BCUT2D eigenvalue weighted by atomic mass is 19.1. The first-order valence-corrected chi connectivity index (χ1v) is 4.14. The molecule has 0 aromatic heterocycles. The molecule has 2 N–H and O–H groups in total. The van der Waals surface area contributed by atoms with Crippen molar-refractivity contribution in [1.82, 2.24) is 0 Å². The summed E-state index contributed by atoms with van der Waals surface area (Å²) in [4.78, 5) is 0. The summed E-state index contributed by atoms with van der Waals surface area (Å²) in [6.07, 6.45) is 1.01. The first-order valence-electron chi connectivity index (χ1n) is 4.14. The van der Waals surface area contributed by atoms with Crippen molar-refractivity contribution in [3.8, 4) is 0 Å². The molecule has 0 amide bonds. The molecule has 2 heteroatoms. The Bertz CT molecular complexity index is 293. The molecule has 1 aliphatic carbocycles. The smallest absolute Gasteiger partial charge is 0.123 e. The Morgan fingerprint density at radius 1 is 1.42 bits per heavy atom.